The number of carboxylic acids is 2. The van der Waals surface area contributed by atoms with Crippen molar-refractivity contribution in [3.05, 3.63) is 0 Å². The molecule has 0 saturated carbocycles. The summed E-state index contributed by atoms with van der Waals surface area (Å²) >= 11 is 0. The Bertz CT molecular complexity index is 286. The van der Waals surface area contributed by atoms with Gasteiger partial charge in [0.25, 0.3) is 0 Å². The van der Waals surface area contributed by atoms with E-state index < -0.39 is 11.9 Å². The maximum Gasteiger partial charge on any atom is 1.00 e. The Morgan fingerprint density at radius 3 is 1.85 bits per heavy atom. The van der Waals surface area contributed by atoms with Gasteiger partial charge < -0.3 is 11.6 Å². The van der Waals surface area contributed by atoms with Crippen molar-refractivity contribution in [3.8, 4) is 0 Å². The van der Waals surface area contributed by atoms with E-state index in [0.29, 0.717) is 6.54 Å². The fraction of sp³-hybridized carbons (Fsp3) is 0.786. The Morgan fingerprint density at radius 1 is 1.00 bits per heavy atom. The van der Waals surface area contributed by atoms with Gasteiger partial charge in [-0.2, -0.15) is 0 Å². The Kier molecular flexibility index (Phi) is 24.3. The van der Waals surface area contributed by atoms with Gasteiger partial charge in [0.2, 0.25) is 0 Å². The maximum absolute atomic E-state index is 10.4. The zero-order chi connectivity index (χ0) is 15.1. The maximum atomic E-state index is 10.4. The van der Waals surface area contributed by atoms with E-state index in [-0.39, 0.29) is 64.9 Å². The summed E-state index contributed by atoms with van der Waals surface area (Å²) < 4.78 is 0. The quantitative estimate of drug-likeness (QED) is 0.368. The van der Waals surface area contributed by atoms with Crippen LogP contribution in [0.15, 0.2) is 4.99 Å². The summed E-state index contributed by atoms with van der Waals surface area (Å²) in [6, 6.07) is 0. The van der Waals surface area contributed by atoms with Gasteiger partial charge in [-0.15, -0.1) is 0 Å². The molecule has 0 bridgehead atoms. The van der Waals surface area contributed by atoms with Crippen LogP contribution in [0.3, 0.4) is 0 Å². The van der Waals surface area contributed by atoms with E-state index in [4.69, 9.17) is 10.2 Å². The number of carboxylic acid groups (broad SMARTS) is 2. The van der Waals surface area contributed by atoms with Gasteiger partial charge >= 0.3 is 63.3 Å². The molecule has 5 nitrogen and oxygen atoms in total. The first-order valence-corrected chi connectivity index (χ1v) is 6.91. The number of hydrogen-bond acceptors (Lipinski definition) is 3. The molecule has 0 unspecified atom stereocenters. The standard InChI is InChI=1S/C11H21NO2.C3H6O2.K.H/c1-3-4-5-6-7-8-9-12-10(2)11(13)14;1-2-3(4)5;;/h3-9H2,1-2H3,(H,13,14);2H2,1H3,(H,4,5);;/q;;+1;-1. The molecular formula is C14H28KNO4. The van der Waals surface area contributed by atoms with Crippen LogP contribution in [-0.4, -0.2) is 34.4 Å². The molecule has 0 atom stereocenters. The molecule has 0 aliphatic carbocycles. The van der Waals surface area contributed by atoms with Crippen molar-refractivity contribution in [3.63, 3.8) is 0 Å². The minimum absolute atomic E-state index is 0. The molecule has 2 N–H and O–H groups in total. The van der Waals surface area contributed by atoms with Crippen molar-refractivity contribution in [1.29, 1.82) is 0 Å². The number of aliphatic imine (C=N–C) groups is 1. The Labute approximate surface area is 166 Å². The third-order valence-electron chi connectivity index (χ3n) is 2.47. The first kappa shape index (κ1) is 25.2. The molecule has 20 heavy (non-hydrogen) atoms. The fourth-order valence-electron chi connectivity index (χ4n) is 1.21. The van der Waals surface area contributed by atoms with Gasteiger partial charge in [-0.25, -0.2) is 4.79 Å². The molecule has 0 fully saturated rings. The second-order valence-corrected chi connectivity index (χ2v) is 4.29. The van der Waals surface area contributed by atoms with Crippen molar-refractivity contribution in [1.82, 2.24) is 0 Å². The van der Waals surface area contributed by atoms with Crippen LogP contribution in [0.25, 0.3) is 0 Å². The topological polar surface area (TPSA) is 87.0 Å². The molecule has 0 radical (unpaired) electrons. The van der Waals surface area contributed by atoms with Crippen LogP contribution in [0.1, 0.15) is 67.1 Å². The molecular weight excluding hydrogens is 285 g/mol. The first-order valence-electron chi connectivity index (χ1n) is 6.91. The molecule has 0 heterocycles. The van der Waals surface area contributed by atoms with Gasteiger partial charge in [0.15, 0.2) is 0 Å². The van der Waals surface area contributed by atoms with Crippen LogP contribution in [0.5, 0.6) is 0 Å². The molecule has 0 aromatic heterocycles. The van der Waals surface area contributed by atoms with E-state index in [1.54, 1.807) is 13.8 Å². The Hall–Kier alpha value is 0.246. The number of rotatable bonds is 9. The van der Waals surface area contributed by atoms with Gasteiger partial charge in [0, 0.05) is 13.0 Å². The summed E-state index contributed by atoms with van der Waals surface area (Å²) in [4.78, 5) is 23.7. The van der Waals surface area contributed by atoms with Gasteiger partial charge in [0.05, 0.1) is 0 Å². The fourth-order valence-corrected chi connectivity index (χ4v) is 1.21. The van der Waals surface area contributed by atoms with Crippen molar-refractivity contribution in [2.45, 2.75) is 65.7 Å². The average Bonchev–Trinajstić information content (AvgIpc) is 2.38. The van der Waals surface area contributed by atoms with E-state index in [1.165, 1.54) is 25.7 Å². The summed E-state index contributed by atoms with van der Waals surface area (Å²) in [7, 11) is 0. The van der Waals surface area contributed by atoms with Gasteiger partial charge in [-0.05, 0) is 13.3 Å². The van der Waals surface area contributed by atoms with Gasteiger partial charge in [-0.1, -0.05) is 46.0 Å². The van der Waals surface area contributed by atoms with E-state index >= 15 is 0 Å². The monoisotopic (exact) mass is 313 g/mol. The predicted molar refractivity (Wildman–Crippen MR) is 78.0 cm³/mol. The number of nitrogens with zero attached hydrogens (tertiary/aromatic N) is 1. The summed E-state index contributed by atoms with van der Waals surface area (Å²) in [6.07, 6.45) is 7.49. The largest absolute Gasteiger partial charge is 1.00 e. The van der Waals surface area contributed by atoms with Crippen molar-refractivity contribution in [2.75, 3.05) is 6.54 Å². The van der Waals surface area contributed by atoms with Gasteiger partial charge in [-0.3, -0.25) is 9.79 Å². The summed E-state index contributed by atoms with van der Waals surface area (Å²) in [6.45, 7) is 5.99. The Morgan fingerprint density at radius 2 is 1.45 bits per heavy atom. The van der Waals surface area contributed by atoms with Crippen LogP contribution >= 0.6 is 0 Å². The zero-order valence-electron chi connectivity index (χ0n) is 14.3. The van der Waals surface area contributed by atoms with Crippen LogP contribution < -0.4 is 51.4 Å². The molecule has 0 spiro atoms. The molecule has 0 aromatic carbocycles. The number of hydrogen-bond donors (Lipinski definition) is 2. The molecule has 0 saturated heterocycles. The number of carbonyl (C=O) groups is 2. The predicted octanol–water partition coefficient (Wildman–Crippen LogP) is 0.490. The zero-order valence-corrected chi connectivity index (χ0v) is 16.4. The van der Waals surface area contributed by atoms with E-state index in [0.717, 1.165) is 12.8 Å². The van der Waals surface area contributed by atoms with E-state index in [2.05, 4.69) is 11.9 Å². The van der Waals surface area contributed by atoms with Crippen LogP contribution in [0, 0.1) is 0 Å². The normalized spacial score (nSPS) is 10.1. The summed E-state index contributed by atoms with van der Waals surface area (Å²) in [5, 5.41) is 16.2. The second kappa shape index (κ2) is 19.2. The number of aliphatic carboxylic acids is 2. The molecule has 114 valence electrons. The smallest absolute Gasteiger partial charge is 1.00 e. The minimum Gasteiger partial charge on any atom is -1.00 e. The molecule has 0 aliphatic rings. The van der Waals surface area contributed by atoms with Gasteiger partial charge in [0.1, 0.15) is 5.71 Å². The molecule has 0 aliphatic heterocycles. The second-order valence-electron chi connectivity index (χ2n) is 4.29. The van der Waals surface area contributed by atoms with Crippen LogP contribution in [-0.2, 0) is 9.59 Å². The molecule has 0 rings (SSSR count). The van der Waals surface area contributed by atoms with E-state index in [9.17, 15) is 9.59 Å². The Balaban J connectivity index is -0.000000179. The van der Waals surface area contributed by atoms with Crippen LogP contribution in [0.2, 0.25) is 0 Å². The summed E-state index contributed by atoms with van der Waals surface area (Å²) in [5.74, 6) is -1.65. The minimum atomic E-state index is -0.906. The number of unbranched alkanes of at least 4 members (excludes halogenated alkanes) is 5. The first-order chi connectivity index (χ1) is 8.95. The van der Waals surface area contributed by atoms with E-state index in [1.807, 2.05) is 0 Å². The average molecular weight is 313 g/mol. The van der Waals surface area contributed by atoms with Crippen LogP contribution in [0.4, 0.5) is 0 Å². The van der Waals surface area contributed by atoms with Crippen molar-refractivity contribution < 1.29 is 72.6 Å². The SMILES string of the molecule is CCC(=O)O.CCCCCCCCN=C(C)C(=O)O.[H-].[K+]. The third-order valence-corrected chi connectivity index (χ3v) is 2.47. The van der Waals surface area contributed by atoms with Crippen molar-refractivity contribution >= 4 is 17.7 Å². The molecule has 6 heteroatoms. The van der Waals surface area contributed by atoms with Crippen molar-refractivity contribution in [2.24, 2.45) is 4.99 Å². The summed E-state index contributed by atoms with van der Waals surface area (Å²) in [5.41, 5.74) is 0.221. The molecule has 0 amide bonds. The molecule has 0 aromatic rings. The third kappa shape index (κ3) is 23.3.